The van der Waals surface area contributed by atoms with Gasteiger partial charge in [0.2, 0.25) is 0 Å². The number of hydrogen-bond acceptors (Lipinski definition) is 3. The van der Waals surface area contributed by atoms with Gasteiger partial charge in [0.15, 0.2) is 0 Å². The monoisotopic (exact) mass is 388 g/mol. The molecule has 0 aromatic heterocycles. The molecule has 0 saturated heterocycles. The number of rotatable bonds is 13. The molecule has 0 bridgehead atoms. The molecule has 1 aliphatic heterocycles. The summed E-state index contributed by atoms with van der Waals surface area (Å²) < 4.78 is 0. The van der Waals surface area contributed by atoms with Crippen molar-refractivity contribution in [3.8, 4) is 0 Å². The summed E-state index contributed by atoms with van der Waals surface area (Å²) in [7, 11) is 0. The lowest BCUT2D eigenvalue weighted by atomic mass is 9.92. The summed E-state index contributed by atoms with van der Waals surface area (Å²) in [5, 5.41) is 8.89. The highest BCUT2D eigenvalue weighted by Gasteiger charge is 2.32. The summed E-state index contributed by atoms with van der Waals surface area (Å²) in [5.41, 5.74) is 1.96. The van der Waals surface area contributed by atoms with E-state index in [-0.39, 0.29) is 6.42 Å². The SMILES string of the molecule is CC1=C[C@](C)(CCCCCCCCCCc2ccccc2)OO[C@@H]1CC(=O)O. The predicted molar refractivity (Wildman–Crippen MR) is 112 cm³/mol. The largest absolute Gasteiger partial charge is 0.481 e. The van der Waals surface area contributed by atoms with E-state index in [0.717, 1.165) is 18.4 Å². The van der Waals surface area contributed by atoms with E-state index in [4.69, 9.17) is 14.9 Å². The maximum absolute atomic E-state index is 10.8. The zero-order valence-electron chi connectivity index (χ0n) is 17.5. The molecule has 4 heteroatoms. The third kappa shape index (κ3) is 8.57. The van der Waals surface area contributed by atoms with Crippen LogP contribution in [0.3, 0.4) is 0 Å². The van der Waals surface area contributed by atoms with E-state index >= 15 is 0 Å². The van der Waals surface area contributed by atoms with Crippen LogP contribution >= 0.6 is 0 Å². The smallest absolute Gasteiger partial charge is 0.306 e. The zero-order chi connectivity index (χ0) is 20.2. The molecule has 28 heavy (non-hydrogen) atoms. The van der Waals surface area contributed by atoms with Gasteiger partial charge in [-0.05, 0) is 50.3 Å². The predicted octanol–water partition coefficient (Wildman–Crippen LogP) is 6.25. The minimum Gasteiger partial charge on any atom is -0.481 e. The molecule has 2 rings (SSSR count). The summed E-state index contributed by atoms with van der Waals surface area (Å²) in [6, 6.07) is 10.7. The fourth-order valence-corrected chi connectivity index (χ4v) is 3.82. The van der Waals surface area contributed by atoms with Crippen LogP contribution in [0.5, 0.6) is 0 Å². The fourth-order valence-electron chi connectivity index (χ4n) is 3.82. The van der Waals surface area contributed by atoms with Gasteiger partial charge in [0.1, 0.15) is 11.7 Å². The van der Waals surface area contributed by atoms with Crippen molar-refractivity contribution in [3.05, 3.63) is 47.5 Å². The molecule has 0 amide bonds. The minimum atomic E-state index is -0.870. The molecule has 1 heterocycles. The van der Waals surface area contributed by atoms with Crippen LogP contribution in [0.2, 0.25) is 0 Å². The summed E-state index contributed by atoms with van der Waals surface area (Å²) in [6.07, 6.45) is 13.7. The second-order valence-corrected chi connectivity index (χ2v) is 8.28. The van der Waals surface area contributed by atoms with Gasteiger partial charge in [-0.1, -0.05) is 75.3 Å². The molecular weight excluding hydrogens is 352 g/mol. The van der Waals surface area contributed by atoms with Crippen LogP contribution in [0, 0.1) is 0 Å². The van der Waals surface area contributed by atoms with Gasteiger partial charge in [0, 0.05) is 0 Å². The van der Waals surface area contributed by atoms with Crippen molar-refractivity contribution in [1.82, 2.24) is 0 Å². The second-order valence-electron chi connectivity index (χ2n) is 8.28. The van der Waals surface area contributed by atoms with Crippen LogP contribution in [0.4, 0.5) is 0 Å². The van der Waals surface area contributed by atoms with Gasteiger partial charge in [-0.2, -0.15) is 0 Å². The Morgan fingerprint density at radius 3 is 2.21 bits per heavy atom. The number of aliphatic carboxylic acids is 1. The highest BCUT2D eigenvalue weighted by Crippen LogP contribution is 2.31. The van der Waals surface area contributed by atoms with Crippen molar-refractivity contribution in [2.24, 2.45) is 0 Å². The highest BCUT2D eigenvalue weighted by molar-refractivity contribution is 5.68. The Morgan fingerprint density at radius 1 is 1.00 bits per heavy atom. The van der Waals surface area contributed by atoms with Crippen molar-refractivity contribution in [1.29, 1.82) is 0 Å². The van der Waals surface area contributed by atoms with Crippen molar-refractivity contribution in [3.63, 3.8) is 0 Å². The molecule has 0 saturated carbocycles. The Morgan fingerprint density at radius 2 is 1.61 bits per heavy atom. The van der Waals surface area contributed by atoms with Crippen LogP contribution in [0.25, 0.3) is 0 Å². The summed E-state index contributed by atoms with van der Waals surface area (Å²) in [6.45, 7) is 3.94. The molecule has 0 aliphatic carbocycles. The van der Waals surface area contributed by atoms with Crippen LogP contribution in [0.1, 0.15) is 83.6 Å². The molecule has 4 nitrogen and oxygen atoms in total. The quantitative estimate of drug-likeness (QED) is 0.246. The van der Waals surface area contributed by atoms with Gasteiger partial charge in [0.25, 0.3) is 0 Å². The highest BCUT2D eigenvalue weighted by atomic mass is 17.2. The van der Waals surface area contributed by atoms with Gasteiger partial charge in [-0.25, -0.2) is 9.78 Å². The van der Waals surface area contributed by atoms with Crippen molar-refractivity contribution >= 4 is 5.97 Å². The first kappa shape index (κ1) is 22.6. The van der Waals surface area contributed by atoms with E-state index in [0.29, 0.717) is 0 Å². The molecule has 1 aromatic carbocycles. The van der Waals surface area contributed by atoms with E-state index < -0.39 is 17.7 Å². The molecule has 0 unspecified atom stereocenters. The van der Waals surface area contributed by atoms with Gasteiger partial charge in [0.05, 0.1) is 6.42 Å². The standard InChI is InChI=1S/C24H36O4/c1-20-19-24(2,28-27-22(20)18-23(25)26)17-13-8-6-4-3-5-7-10-14-21-15-11-9-12-16-21/h9,11-12,15-16,19,22H,3-8,10,13-14,17-18H2,1-2H3,(H,25,26)/t22-,24+/m1/s1. The average molecular weight is 389 g/mol. The number of carbonyl (C=O) groups is 1. The fraction of sp³-hybridized carbons (Fsp3) is 0.625. The van der Waals surface area contributed by atoms with E-state index in [1.165, 1.54) is 56.9 Å². The lowest BCUT2D eigenvalue weighted by molar-refractivity contribution is -0.372. The maximum Gasteiger partial charge on any atom is 0.306 e. The van der Waals surface area contributed by atoms with E-state index in [1.807, 2.05) is 19.9 Å². The third-order valence-electron chi connectivity index (χ3n) is 5.49. The molecule has 0 radical (unpaired) electrons. The summed E-state index contributed by atoms with van der Waals surface area (Å²) >= 11 is 0. The molecular formula is C24H36O4. The zero-order valence-corrected chi connectivity index (χ0v) is 17.5. The van der Waals surface area contributed by atoms with Crippen molar-refractivity contribution in [2.75, 3.05) is 0 Å². The number of benzene rings is 1. The van der Waals surface area contributed by atoms with Crippen LogP contribution in [-0.4, -0.2) is 22.8 Å². The Hall–Kier alpha value is -1.65. The van der Waals surface area contributed by atoms with E-state index in [2.05, 4.69) is 30.3 Å². The topological polar surface area (TPSA) is 55.8 Å². The van der Waals surface area contributed by atoms with Crippen molar-refractivity contribution in [2.45, 2.75) is 96.2 Å². The Labute approximate surface area is 169 Å². The Kier molecular flexibility index (Phi) is 9.72. The third-order valence-corrected chi connectivity index (χ3v) is 5.49. The Bertz CT molecular complexity index is 610. The van der Waals surface area contributed by atoms with E-state index in [1.54, 1.807) is 0 Å². The van der Waals surface area contributed by atoms with E-state index in [9.17, 15) is 4.79 Å². The van der Waals surface area contributed by atoms with Gasteiger partial charge < -0.3 is 5.11 Å². The van der Waals surface area contributed by atoms with Crippen LogP contribution in [0.15, 0.2) is 42.0 Å². The van der Waals surface area contributed by atoms with Gasteiger partial charge in [-0.3, -0.25) is 4.79 Å². The number of unbranched alkanes of at least 4 members (excludes halogenated alkanes) is 7. The number of aryl methyl sites for hydroxylation is 1. The summed E-state index contributed by atoms with van der Waals surface area (Å²) in [5.74, 6) is -0.870. The second kappa shape index (κ2) is 12.0. The maximum atomic E-state index is 10.8. The molecule has 156 valence electrons. The Balaban J connectivity index is 1.49. The molecule has 0 spiro atoms. The first-order valence-electron chi connectivity index (χ1n) is 10.8. The lowest BCUT2D eigenvalue weighted by Crippen LogP contribution is -2.36. The van der Waals surface area contributed by atoms with Gasteiger partial charge >= 0.3 is 5.97 Å². The lowest BCUT2D eigenvalue weighted by Gasteiger charge is -2.33. The number of carboxylic acids is 1. The molecule has 0 fully saturated rings. The van der Waals surface area contributed by atoms with Gasteiger partial charge in [-0.15, -0.1) is 0 Å². The first-order valence-corrected chi connectivity index (χ1v) is 10.8. The number of hydrogen-bond donors (Lipinski definition) is 1. The minimum absolute atomic E-state index is 0.0518. The molecule has 2 atom stereocenters. The first-order chi connectivity index (χ1) is 13.5. The normalized spacial score (nSPS) is 22.1. The van der Waals surface area contributed by atoms with Crippen molar-refractivity contribution < 1.29 is 19.7 Å². The van der Waals surface area contributed by atoms with Crippen LogP contribution in [-0.2, 0) is 21.0 Å². The summed E-state index contributed by atoms with van der Waals surface area (Å²) in [4.78, 5) is 21.7. The van der Waals surface area contributed by atoms with Crippen LogP contribution < -0.4 is 0 Å². The molecule has 1 aromatic rings. The average Bonchev–Trinajstić information content (AvgIpc) is 2.66. The number of carboxylic acid groups (broad SMARTS) is 1. The molecule has 1 aliphatic rings. The molecule has 1 N–H and O–H groups in total.